The van der Waals surface area contributed by atoms with Gasteiger partial charge >= 0.3 is 5.97 Å². The van der Waals surface area contributed by atoms with Crippen molar-refractivity contribution in [2.45, 2.75) is 13.3 Å². The fourth-order valence-corrected chi connectivity index (χ4v) is 1.67. The molecule has 1 rings (SSSR count). The number of halogens is 1. The Bertz CT molecular complexity index is 451. The number of nitrogens with zero attached hydrogens (tertiary/aromatic N) is 1. The van der Waals surface area contributed by atoms with Gasteiger partial charge in [0.05, 0.1) is 18.6 Å². The standard InChI is InChI=1S/C11H10BrNO3/c1-2-16-11(15)4-7-3-8(6-13)10(14)5-9(7)12/h3,5,14H,2,4H2,1H3. The minimum absolute atomic E-state index is 0.0728. The van der Waals surface area contributed by atoms with Gasteiger partial charge < -0.3 is 9.84 Å². The van der Waals surface area contributed by atoms with Crippen molar-refractivity contribution in [1.29, 1.82) is 5.26 Å². The highest BCUT2D eigenvalue weighted by Crippen LogP contribution is 2.26. The molecule has 0 aliphatic heterocycles. The van der Waals surface area contributed by atoms with Gasteiger partial charge in [-0.05, 0) is 24.6 Å². The molecule has 4 nitrogen and oxygen atoms in total. The highest BCUT2D eigenvalue weighted by molar-refractivity contribution is 9.10. The topological polar surface area (TPSA) is 70.3 Å². The van der Waals surface area contributed by atoms with Gasteiger partial charge in [-0.15, -0.1) is 0 Å². The minimum atomic E-state index is -0.363. The molecule has 5 heteroatoms. The lowest BCUT2D eigenvalue weighted by atomic mass is 10.1. The molecule has 0 saturated heterocycles. The summed E-state index contributed by atoms with van der Waals surface area (Å²) in [6, 6.07) is 4.71. The quantitative estimate of drug-likeness (QED) is 0.863. The van der Waals surface area contributed by atoms with E-state index in [2.05, 4.69) is 15.9 Å². The van der Waals surface area contributed by atoms with Crippen LogP contribution in [0.4, 0.5) is 0 Å². The first-order chi connectivity index (χ1) is 7.58. The van der Waals surface area contributed by atoms with E-state index >= 15 is 0 Å². The fourth-order valence-electron chi connectivity index (χ4n) is 1.20. The van der Waals surface area contributed by atoms with Crippen LogP contribution in [0.5, 0.6) is 5.75 Å². The molecule has 0 amide bonds. The van der Waals surface area contributed by atoms with E-state index in [1.54, 1.807) is 6.92 Å². The molecular formula is C11H10BrNO3. The van der Waals surface area contributed by atoms with Crippen molar-refractivity contribution < 1.29 is 14.6 Å². The second-order valence-corrected chi connectivity index (χ2v) is 3.91. The summed E-state index contributed by atoms with van der Waals surface area (Å²) in [5.41, 5.74) is 0.760. The Hall–Kier alpha value is -1.54. The molecule has 0 spiro atoms. The van der Waals surface area contributed by atoms with Crippen LogP contribution in [0, 0.1) is 11.3 Å². The van der Waals surface area contributed by atoms with E-state index in [4.69, 9.17) is 10.00 Å². The maximum atomic E-state index is 11.3. The van der Waals surface area contributed by atoms with Gasteiger partial charge in [-0.3, -0.25) is 4.79 Å². The Labute approximate surface area is 102 Å². The highest BCUT2D eigenvalue weighted by atomic mass is 79.9. The molecule has 0 atom stereocenters. The predicted molar refractivity (Wildman–Crippen MR) is 60.9 cm³/mol. The Morgan fingerprint density at radius 1 is 1.62 bits per heavy atom. The van der Waals surface area contributed by atoms with Crippen LogP contribution in [0.1, 0.15) is 18.1 Å². The lowest BCUT2D eigenvalue weighted by Gasteiger charge is -2.06. The Balaban J connectivity index is 2.97. The van der Waals surface area contributed by atoms with Crippen molar-refractivity contribution in [2.75, 3.05) is 6.61 Å². The summed E-state index contributed by atoms with van der Waals surface area (Å²) in [5, 5.41) is 18.1. The molecule has 0 fully saturated rings. The van der Waals surface area contributed by atoms with Crippen molar-refractivity contribution in [3.63, 3.8) is 0 Å². The third kappa shape index (κ3) is 2.97. The number of carbonyl (C=O) groups is 1. The van der Waals surface area contributed by atoms with Crippen LogP contribution in [0.2, 0.25) is 0 Å². The number of ether oxygens (including phenoxy) is 1. The summed E-state index contributed by atoms with van der Waals surface area (Å²) in [5.74, 6) is -0.472. The summed E-state index contributed by atoms with van der Waals surface area (Å²) in [7, 11) is 0. The number of rotatable bonds is 3. The first-order valence-corrected chi connectivity index (χ1v) is 5.45. The van der Waals surface area contributed by atoms with Crippen LogP contribution in [0.25, 0.3) is 0 Å². The third-order valence-electron chi connectivity index (χ3n) is 1.93. The van der Waals surface area contributed by atoms with E-state index in [1.807, 2.05) is 6.07 Å². The lowest BCUT2D eigenvalue weighted by molar-refractivity contribution is -0.142. The molecule has 0 heterocycles. The molecule has 0 aliphatic rings. The molecular weight excluding hydrogens is 274 g/mol. The molecule has 0 aromatic heterocycles. The van der Waals surface area contributed by atoms with Gasteiger partial charge in [-0.2, -0.15) is 5.26 Å². The smallest absolute Gasteiger partial charge is 0.310 e. The fraction of sp³-hybridized carbons (Fsp3) is 0.273. The monoisotopic (exact) mass is 283 g/mol. The van der Waals surface area contributed by atoms with E-state index in [9.17, 15) is 9.90 Å². The molecule has 0 bridgehead atoms. The molecule has 84 valence electrons. The lowest BCUT2D eigenvalue weighted by Crippen LogP contribution is -2.08. The normalized spacial score (nSPS) is 9.56. The van der Waals surface area contributed by atoms with Crippen LogP contribution in [0.15, 0.2) is 16.6 Å². The number of hydrogen-bond acceptors (Lipinski definition) is 4. The van der Waals surface area contributed by atoms with Crippen molar-refractivity contribution in [3.05, 3.63) is 27.7 Å². The average molecular weight is 284 g/mol. The SMILES string of the molecule is CCOC(=O)Cc1cc(C#N)c(O)cc1Br. The zero-order valence-electron chi connectivity index (χ0n) is 8.66. The van der Waals surface area contributed by atoms with Gasteiger partial charge in [0.2, 0.25) is 0 Å². The van der Waals surface area contributed by atoms with Gasteiger partial charge in [-0.25, -0.2) is 0 Å². The number of phenols is 1. The van der Waals surface area contributed by atoms with Crippen LogP contribution >= 0.6 is 15.9 Å². The number of carbonyl (C=O) groups excluding carboxylic acids is 1. The largest absolute Gasteiger partial charge is 0.507 e. The molecule has 1 aromatic carbocycles. The van der Waals surface area contributed by atoms with Crippen LogP contribution in [-0.2, 0) is 16.0 Å². The van der Waals surface area contributed by atoms with Crippen molar-refractivity contribution >= 4 is 21.9 Å². The summed E-state index contributed by atoms with van der Waals surface area (Å²) in [6.45, 7) is 2.05. The van der Waals surface area contributed by atoms with Crippen molar-refractivity contribution in [3.8, 4) is 11.8 Å². The van der Waals surface area contributed by atoms with Gasteiger partial charge in [-0.1, -0.05) is 15.9 Å². The van der Waals surface area contributed by atoms with E-state index in [-0.39, 0.29) is 23.7 Å². The number of hydrogen-bond donors (Lipinski definition) is 1. The molecule has 1 aromatic rings. The van der Waals surface area contributed by atoms with Gasteiger partial charge in [0.1, 0.15) is 11.8 Å². The Morgan fingerprint density at radius 2 is 2.31 bits per heavy atom. The highest BCUT2D eigenvalue weighted by Gasteiger charge is 2.11. The van der Waals surface area contributed by atoms with Gasteiger partial charge in [0, 0.05) is 4.47 Å². The molecule has 0 aliphatic carbocycles. The van der Waals surface area contributed by atoms with Crippen LogP contribution < -0.4 is 0 Å². The number of benzene rings is 1. The predicted octanol–water partition coefficient (Wildman–Crippen LogP) is 2.13. The summed E-state index contributed by atoms with van der Waals surface area (Å²) < 4.78 is 5.38. The molecule has 0 radical (unpaired) electrons. The minimum Gasteiger partial charge on any atom is -0.507 e. The second-order valence-electron chi connectivity index (χ2n) is 3.05. The zero-order valence-corrected chi connectivity index (χ0v) is 10.2. The second kappa shape index (κ2) is 5.52. The Kier molecular flexibility index (Phi) is 4.32. The van der Waals surface area contributed by atoms with Crippen molar-refractivity contribution in [1.82, 2.24) is 0 Å². The molecule has 0 unspecified atom stereocenters. The van der Waals surface area contributed by atoms with Crippen LogP contribution in [0.3, 0.4) is 0 Å². The summed E-state index contributed by atoms with van der Waals surface area (Å²) >= 11 is 3.21. The maximum Gasteiger partial charge on any atom is 0.310 e. The molecule has 1 N–H and O–H groups in total. The maximum absolute atomic E-state index is 11.3. The van der Waals surface area contributed by atoms with Crippen molar-refractivity contribution in [2.24, 2.45) is 0 Å². The summed E-state index contributed by atoms with van der Waals surface area (Å²) in [6.07, 6.45) is 0.0728. The van der Waals surface area contributed by atoms with Crippen LogP contribution in [-0.4, -0.2) is 17.7 Å². The van der Waals surface area contributed by atoms with E-state index in [1.165, 1.54) is 12.1 Å². The Morgan fingerprint density at radius 3 is 2.88 bits per heavy atom. The zero-order chi connectivity index (χ0) is 12.1. The van der Waals surface area contributed by atoms with E-state index in [0.717, 1.165) is 0 Å². The average Bonchev–Trinajstić information content (AvgIpc) is 2.22. The first-order valence-electron chi connectivity index (χ1n) is 4.65. The molecule has 16 heavy (non-hydrogen) atoms. The first kappa shape index (κ1) is 12.5. The number of aromatic hydroxyl groups is 1. The van der Waals surface area contributed by atoms with Gasteiger partial charge in [0.15, 0.2) is 0 Å². The molecule has 0 saturated carbocycles. The number of esters is 1. The third-order valence-corrected chi connectivity index (χ3v) is 2.66. The summed E-state index contributed by atoms with van der Waals surface area (Å²) in [4.78, 5) is 11.3. The van der Waals surface area contributed by atoms with E-state index < -0.39 is 0 Å². The number of phenolic OH excluding ortho intramolecular Hbond substituents is 1. The number of nitriles is 1. The van der Waals surface area contributed by atoms with E-state index in [0.29, 0.717) is 16.6 Å². The van der Waals surface area contributed by atoms with Gasteiger partial charge in [0.25, 0.3) is 0 Å².